The molecule has 1 aliphatic heterocycles. The monoisotopic (exact) mass is 377 g/mol. The number of para-hydroxylation sites is 4. The zero-order valence-electron chi connectivity index (χ0n) is 16.8. The summed E-state index contributed by atoms with van der Waals surface area (Å²) >= 11 is 0. The number of anilines is 1. The number of rotatable bonds is 6. The van der Waals surface area contributed by atoms with Gasteiger partial charge in [0, 0.05) is 25.4 Å². The Morgan fingerprint density at radius 1 is 1.18 bits per heavy atom. The number of hydrogen-bond donors (Lipinski definition) is 0. The maximum Gasteiger partial charge on any atom is 0.227 e. The Hall–Kier alpha value is -2.82. The Labute approximate surface area is 165 Å². The van der Waals surface area contributed by atoms with E-state index in [1.807, 2.05) is 35.2 Å². The molecule has 146 valence electrons. The van der Waals surface area contributed by atoms with Gasteiger partial charge in [-0.15, -0.1) is 0 Å². The average molecular weight is 377 g/mol. The Morgan fingerprint density at radius 2 is 1.93 bits per heavy atom. The minimum atomic E-state index is 0.0777. The van der Waals surface area contributed by atoms with E-state index < -0.39 is 0 Å². The lowest BCUT2D eigenvalue weighted by molar-refractivity contribution is -0.117. The van der Waals surface area contributed by atoms with E-state index in [0.29, 0.717) is 18.9 Å². The fraction of sp³-hybridized carbons (Fsp3) is 0.391. The van der Waals surface area contributed by atoms with Gasteiger partial charge in [-0.1, -0.05) is 44.5 Å². The van der Waals surface area contributed by atoms with Crippen LogP contribution >= 0.6 is 0 Å². The lowest BCUT2D eigenvalue weighted by Crippen LogP contribution is -2.25. The lowest BCUT2D eigenvalue weighted by Gasteiger charge is -2.20. The molecular weight excluding hydrogens is 350 g/mol. The van der Waals surface area contributed by atoms with E-state index in [0.717, 1.165) is 41.3 Å². The van der Waals surface area contributed by atoms with Crippen molar-refractivity contribution in [1.29, 1.82) is 0 Å². The van der Waals surface area contributed by atoms with Crippen LogP contribution in [-0.2, 0) is 11.3 Å². The third kappa shape index (κ3) is 3.26. The van der Waals surface area contributed by atoms with Crippen molar-refractivity contribution in [3.05, 3.63) is 54.4 Å². The highest BCUT2D eigenvalue weighted by atomic mass is 16.5. The van der Waals surface area contributed by atoms with Gasteiger partial charge in [-0.05, 0) is 30.2 Å². The van der Waals surface area contributed by atoms with Gasteiger partial charge in [0.2, 0.25) is 5.91 Å². The van der Waals surface area contributed by atoms with Crippen LogP contribution in [0, 0.1) is 5.92 Å². The number of imidazole rings is 1. The van der Waals surface area contributed by atoms with Gasteiger partial charge in [-0.25, -0.2) is 4.98 Å². The highest BCUT2D eigenvalue weighted by molar-refractivity contribution is 5.97. The molecule has 2 aromatic carbocycles. The van der Waals surface area contributed by atoms with Crippen molar-refractivity contribution < 1.29 is 9.53 Å². The summed E-state index contributed by atoms with van der Waals surface area (Å²) in [5, 5.41) is 0. The highest BCUT2D eigenvalue weighted by Gasteiger charge is 2.36. The predicted molar refractivity (Wildman–Crippen MR) is 112 cm³/mol. The number of methoxy groups -OCH3 is 1. The van der Waals surface area contributed by atoms with E-state index in [4.69, 9.17) is 9.72 Å². The predicted octanol–water partition coefficient (Wildman–Crippen LogP) is 4.61. The molecule has 0 N–H and O–H groups in total. The van der Waals surface area contributed by atoms with Crippen LogP contribution in [0.3, 0.4) is 0 Å². The van der Waals surface area contributed by atoms with Gasteiger partial charge in [0.15, 0.2) is 0 Å². The normalized spacial score (nSPS) is 18.0. The van der Waals surface area contributed by atoms with E-state index in [1.54, 1.807) is 7.11 Å². The molecule has 5 nitrogen and oxygen atoms in total. The van der Waals surface area contributed by atoms with Gasteiger partial charge in [-0.3, -0.25) is 4.79 Å². The number of amides is 1. The van der Waals surface area contributed by atoms with Crippen molar-refractivity contribution in [2.24, 2.45) is 5.92 Å². The largest absolute Gasteiger partial charge is 0.495 e. The highest BCUT2D eigenvalue weighted by Crippen LogP contribution is 2.37. The van der Waals surface area contributed by atoms with Crippen LogP contribution in [0.1, 0.15) is 38.4 Å². The SMILES string of the molecule is CC[C@H](C)Cn1c([C@H]2CC(=O)N(c3ccccc3OC)C2)nc2ccccc21. The second kappa shape index (κ2) is 7.66. The molecule has 1 aliphatic rings. The van der Waals surface area contributed by atoms with Crippen LogP contribution in [0.4, 0.5) is 5.69 Å². The van der Waals surface area contributed by atoms with Crippen molar-refractivity contribution in [3.8, 4) is 5.75 Å². The summed E-state index contributed by atoms with van der Waals surface area (Å²) in [7, 11) is 1.64. The molecule has 1 saturated heterocycles. The minimum Gasteiger partial charge on any atom is -0.495 e. The van der Waals surface area contributed by atoms with E-state index in [2.05, 4.69) is 36.6 Å². The topological polar surface area (TPSA) is 47.4 Å². The van der Waals surface area contributed by atoms with Crippen LogP contribution in [-0.4, -0.2) is 29.1 Å². The number of carbonyl (C=O) groups excluding carboxylic acids is 1. The third-order valence-electron chi connectivity index (χ3n) is 5.74. The van der Waals surface area contributed by atoms with Crippen LogP contribution in [0.2, 0.25) is 0 Å². The first-order valence-electron chi connectivity index (χ1n) is 10.0. The molecule has 0 spiro atoms. The molecule has 2 atom stereocenters. The van der Waals surface area contributed by atoms with E-state index in [9.17, 15) is 4.79 Å². The Bertz CT molecular complexity index is 994. The first-order valence-corrected chi connectivity index (χ1v) is 10.0. The quantitative estimate of drug-likeness (QED) is 0.630. The van der Waals surface area contributed by atoms with E-state index >= 15 is 0 Å². The van der Waals surface area contributed by atoms with Crippen LogP contribution in [0.5, 0.6) is 5.75 Å². The number of benzene rings is 2. The Morgan fingerprint density at radius 3 is 2.71 bits per heavy atom. The molecule has 0 unspecified atom stereocenters. The van der Waals surface area contributed by atoms with Crippen LogP contribution in [0.25, 0.3) is 11.0 Å². The number of ether oxygens (including phenoxy) is 1. The van der Waals surface area contributed by atoms with Crippen molar-refractivity contribution in [1.82, 2.24) is 9.55 Å². The first-order chi connectivity index (χ1) is 13.6. The molecular formula is C23H27N3O2. The van der Waals surface area contributed by atoms with Gasteiger partial charge in [-0.2, -0.15) is 0 Å². The molecule has 1 amide bonds. The number of nitrogens with zero attached hydrogens (tertiary/aromatic N) is 3. The molecule has 0 bridgehead atoms. The second-order valence-corrected chi connectivity index (χ2v) is 7.66. The maximum absolute atomic E-state index is 12.9. The molecule has 2 heterocycles. The van der Waals surface area contributed by atoms with E-state index in [-0.39, 0.29) is 11.8 Å². The number of hydrogen-bond acceptors (Lipinski definition) is 3. The molecule has 28 heavy (non-hydrogen) atoms. The summed E-state index contributed by atoms with van der Waals surface area (Å²) in [6.45, 7) is 6.03. The summed E-state index contributed by atoms with van der Waals surface area (Å²) in [5.74, 6) is 2.50. The molecule has 5 heteroatoms. The Kier molecular flexibility index (Phi) is 5.07. The van der Waals surface area contributed by atoms with Crippen LogP contribution < -0.4 is 9.64 Å². The lowest BCUT2D eigenvalue weighted by atomic mass is 10.1. The summed E-state index contributed by atoms with van der Waals surface area (Å²) in [4.78, 5) is 19.6. The number of carbonyl (C=O) groups is 1. The summed E-state index contributed by atoms with van der Waals surface area (Å²) in [6, 6.07) is 16.0. The van der Waals surface area contributed by atoms with Gasteiger partial charge in [0.25, 0.3) is 0 Å². The summed E-state index contributed by atoms with van der Waals surface area (Å²) in [6.07, 6.45) is 1.59. The van der Waals surface area contributed by atoms with Crippen molar-refractivity contribution in [2.45, 2.75) is 39.2 Å². The molecule has 3 aromatic rings. The molecule has 0 aliphatic carbocycles. The molecule has 0 radical (unpaired) electrons. The van der Waals surface area contributed by atoms with Crippen molar-refractivity contribution in [2.75, 3.05) is 18.6 Å². The molecule has 1 fully saturated rings. The molecule has 0 saturated carbocycles. The van der Waals surface area contributed by atoms with Gasteiger partial charge in [0.1, 0.15) is 11.6 Å². The van der Waals surface area contributed by atoms with Gasteiger partial charge >= 0.3 is 0 Å². The summed E-state index contributed by atoms with van der Waals surface area (Å²) < 4.78 is 7.80. The van der Waals surface area contributed by atoms with Crippen molar-refractivity contribution >= 4 is 22.6 Å². The standard InChI is InChI=1S/C23H27N3O2/c1-4-16(2)14-26-19-10-6-5-9-18(19)24-23(26)17-13-22(27)25(15-17)20-11-7-8-12-21(20)28-3/h5-12,16-17H,4,13-15H2,1-3H3/t16-,17-/m0/s1. The van der Waals surface area contributed by atoms with E-state index in [1.165, 1.54) is 0 Å². The average Bonchev–Trinajstić information content (AvgIpc) is 3.28. The maximum atomic E-state index is 12.9. The fourth-order valence-electron chi connectivity index (χ4n) is 4.00. The molecule has 1 aromatic heterocycles. The van der Waals surface area contributed by atoms with Gasteiger partial charge in [0.05, 0.1) is 23.8 Å². The first kappa shape index (κ1) is 18.5. The number of aromatic nitrogens is 2. The zero-order chi connectivity index (χ0) is 19.7. The second-order valence-electron chi connectivity index (χ2n) is 7.66. The summed E-state index contributed by atoms with van der Waals surface area (Å²) in [5.41, 5.74) is 2.99. The molecule has 4 rings (SSSR count). The number of fused-ring (bicyclic) bond motifs is 1. The van der Waals surface area contributed by atoms with Crippen LogP contribution in [0.15, 0.2) is 48.5 Å². The smallest absolute Gasteiger partial charge is 0.227 e. The third-order valence-corrected chi connectivity index (χ3v) is 5.74. The van der Waals surface area contributed by atoms with Gasteiger partial charge < -0.3 is 14.2 Å². The fourth-order valence-corrected chi connectivity index (χ4v) is 4.00. The minimum absolute atomic E-state index is 0.0777. The van der Waals surface area contributed by atoms with Crippen molar-refractivity contribution in [3.63, 3.8) is 0 Å². The Balaban J connectivity index is 1.71. The zero-order valence-corrected chi connectivity index (χ0v) is 16.8.